The van der Waals surface area contributed by atoms with Gasteiger partial charge in [0.1, 0.15) is 0 Å². The first-order chi connectivity index (χ1) is 9.61. The molecule has 0 bridgehead atoms. The molecule has 0 radical (unpaired) electrons. The van der Waals surface area contributed by atoms with Gasteiger partial charge in [0.25, 0.3) is 0 Å². The zero-order valence-corrected chi connectivity index (χ0v) is 13.4. The number of anilines is 1. The Kier molecular flexibility index (Phi) is 5.70. The predicted molar refractivity (Wildman–Crippen MR) is 85.6 cm³/mol. The molecule has 1 fully saturated rings. The molecule has 1 aliphatic rings. The van der Waals surface area contributed by atoms with Crippen molar-refractivity contribution < 1.29 is 4.74 Å². The van der Waals surface area contributed by atoms with Crippen LogP contribution >= 0.6 is 11.6 Å². The smallest absolute Gasteiger partial charge is 0.0587 e. The van der Waals surface area contributed by atoms with Crippen LogP contribution in [0.15, 0.2) is 18.2 Å². The monoisotopic (exact) mass is 296 g/mol. The number of benzene rings is 1. The van der Waals surface area contributed by atoms with Crippen LogP contribution in [-0.4, -0.2) is 33.4 Å². The van der Waals surface area contributed by atoms with Gasteiger partial charge in [0.05, 0.1) is 6.61 Å². The van der Waals surface area contributed by atoms with Gasteiger partial charge in [0.15, 0.2) is 0 Å². The van der Waals surface area contributed by atoms with E-state index in [4.69, 9.17) is 16.3 Å². The lowest BCUT2D eigenvalue weighted by Crippen LogP contribution is -2.20. The highest BCUT2D eigenvalue weighted by Gasteiger charge is 2.26. The van der Waals surface area contributed by atoms with Crippen molar-refractivity contribution in [2.75, 3.05) is 38.3 Å². The standard InChI is InChI=1S/C16H25ClN2O/c1-12-10-19(11-13(12)2)15-5-4-14(16(17)8-15)9-18-6-7-20-3/h4-5,8,12-13,18H,6-7,9-11H2,1-3H3. The van der Waals surface area contributed by atoms with Crippen LogP contribution < -0.4 is 10.2 Å². The molecule has 0 spiro atoms. The minimum absolute atomic E-state index is 0.721. The van der Waals surface area contributed by atoms with Crippen molar-refractivity contribution in [2.45, 2.75) is 20.4 Å². The van der Waals surface area contributed by atoms with Crippen LogP contribution in [-0.2, 0) is 11.3 Å². The molecule has 0 saturated carbocycles. The molecule has 1 heterocycles. The summed E-state index contributed by atoms with van der Waals surface area (Å²) in [6.07, 6.45) is 0. The van der Waals surface area contributed by atoms with Crippen LogP contribution in [0.1, 0.15) is 19.4 Å². The largest absolute Gasteiger partial charge is 0.383 e. The van der Waals surface area contributed by atoms with Crippen molar-refractivity contribution in [3.8, 4) is 0 Å². The molecular formula is C16H25ClN2O. The molecule has 1 aromatic carbocycles. The molecule has 2 unspecified atom stereocenters. The van der Waals surface area contributed by atoms with Crippen molar-refractivity contribution in [1.29, 1.82) is 0 Å². The molecule has 4 heteroatoms. The zero-order chi connectivity index (χ0) is 14.5. The van der Waals surface area contributed by atoms with Crippen LogP contribution in [0.3, 0.4) is 0 Å². The maximum absolute atomic E-state index is 6.40. The summed E-state index contributed by atoms with van der Waals surface area (Å²) in [6.45, 7) is 9.25. The molecule has 1 N–H and O–H groups in total. The third-order valence-corrected chi connectivity index (χ3v) is 4.54. The van der Waals surface area contributed by atoms with Gasteiger partial charge < -0.3 is 15.0 Å². The fourth-order valence-corrected chi connectivity index (χ4v) is 2.86. The highest BCUT2D eigenvalue weighted by Crippen LogP contribution is 2.30. The Morgan fingerprint density at radius 2 is 2.00 bits per heavy atom. The van der Waals surface area contributed by atoms with Crippen LogP contribution in [0.25, 0.3) is 0 Å². The maximum Gasteiger partial charge on any atom is 0.0587 e. The van der Waals surface area contributed by atoms with Crippen LogP contribution in [0.4, 0.5) is 5.69 Å². The van der Waals surface area contributed by atoms with E-state index in [0.29, 0.717) is 0 Å². The van der Waals surface area contributed by atoms with E-state index in [-0.39, 0.29) is 0 Å². The van der Waals surface area contributed by atoms with Gasteiger partial charge >= 0.3 is 0 Å². The molecule has 3 nitrogen and oxygen atoms in total. The minimum Gasteiger partial charge on any atom is -0.383 e. The Morgan fingerprint density at radius 1 is 1.30 bits per heavy atom. The topological polar surface area (TPSA) is 24.5 Å². The number of rotatable bonds is 6. The van der Waals surface area contributed by atoms with Gasteiger partial charge in [-0.1, -0.05) is 31.5 Å². The van der Waals surface area contributed by atoms with Gasteiger partial charge in [-0.2, -0.15) is 0 Å². The number of nitrogens with one attached hydrogen (secondary N) is 1. The first kappa shape index (κ1) is 15.6. The van der Waals surface area contributed by atoms with Crippen molar-refractivity contribution in [3.05, 3.63) is 28.8 Å². The summed E-state index contributed by atoms with van der Waals surface area (Å²) < 4.78 is 5.01. The van der Waals surface area contributed by atoms with E-state index in [1.165, 1.54) is 5.69 Å². The molecule has 2 atom stereocenters. The van der Waals surface area contributed by atoms with Gasteiger partial charge in [0.2, 0.25) is 0 Å². The first-order valence-corrected chi connectivity index (χ1v) is 7.72. The quantitative estimate of drug-likeness (QED) is 0.816. The van der Waals surface area contributed by atoms with E-state index in [0.717, 1.165) is 55.2 Å². The van der Waals surface area contributed by atoms with E-state index in [1.54, 1.807) is 7.11 Å². The molecular weight excluding hydrogens is 272 g/mol. The van der Waals surface area contributed by atoms with Crippen molar-refractivity contribution in [1.82, 2.24) is 5.32 Å². The van der Waals surface area contributed by atoms with Crippen molar-refractivity contribution in [2.24, 2.45) is 11.8 Å². The number of hydrogen-bond acceptors (Lipinski definition) is 3. The Labute approximate surface area is 127 Å². The molecule has 112 valence electrons. The summed E-state index contributed by atoms with van der Waals surface area (Å²) in [6, 6.07) is 6.41. The van der Waals surface area contributed by atoms with E-state index < -0.39 is 0 Å². The second kappa shape index (κ2) is 7.30. The fraction of sp³-hybridized carbons (Fsp3) is 0.625. The third-order valence-electron chi connectivity index (χ3n) is 4.19. The van der Waals surface area contributed by atoms with Crippen LogP contribution in [0.5, 0.6) is 0 Å². The first-order valence-electron chi connectivity index (χ1n) is 7.35. The highest BCUT2D eigenvalue weighted by atomic mass is 35.5. The highest BCUT2D eigenvalue weighted by molar-refractivity contribution is 6.31. The van der Waals surface area contributed by atoms with Gasteiger partial charge in [-0.25, -0.2) is 0 Å². The van der Waals surface area contributed by atoms with E-state index >= 15 is 0 Å². The summed E-state index contributed by atoms with van der Waals surface area (Å²) in [5, 5.41) is 4.17. The number of hydrogen-bond donors (Lipinski definition) is 1. The summed E-state index contributed by atoms with van der Waals surface area (Å²) in [5.74, 6) is 1.51. The fourth-order valence-electron chi connectivity index (χ4n) is 2.61. The maximum atomic E-state index is 6.40. The number of methoxy groups -OCH3 is 1. The van der Waals surface area contributed by atoms with Gasteiger partial charge in [-0.05, 0) is 29.5 Å². The van der Waals surface area contributed by atoms with E-state index in [9.17, 15) is 0 Å². The minimum atomic E-state index is 0.721. The number of ether oxygens (including phenoxy) is 1. The van der Waals surface area contributed by atoms with Gasteiger partial charge in [-0.15, -0.1) is 0 Å². The van der Waals surface area contributed by atoms with Crippen molar-refractivity contribution in [3.63, 3.8) is 0 Å². The van der Waals surface area contributed by atoms with Crippen LogP contribution in [0, 0.1) is 11.8 Å². The molecule has 0 aromatic heterocycles. The lowest BCUT2D eigenvalue weighted by atomic mass is 10.0. The summed E-state index contributed by atoms with van der Waals surface area (Å²) >= 11 is 6.40. The zero-order valence-electron chi connectivity index (χ0n) is 12.7. The average molecular weight is 297 g/mol. The lowest BCUT2D eigenvalue weighted by Gasteiger charge is -2.19. The Hall–Kier alpha value is -0.770. The van der Waals surface area contributed by atoms with Crippen LogP contribution in [0.2, 0.25) is 5.02 Å². The Balaban J connectivity index is 1.95. The summed E-state index contributed by atoms with van der Waals surface area (Å²) in [4.78, 5) is 2.43. The molecule has 0 amide bonds. The normalized spacial score (nSPS) is 22.5. The molecule has 1 aromatic rings. The summed E-state index contributed by atoms with van der Waals surface area (Å²) in [5.41, 5.74) is 2.39. The summed E-state index contributed by atoms with van der Waals surface area (Å²) in [7, 11) is 1.71. The van der Waals surface area contributed by atoms with E-state index in [2.05, 4.69) is 42.3 Å². The Morgan fingerprint density at radius 3 is 2.60 bits per heavy atom. The van der Waals surface area contributed by atoms with E-state index in [1.807, 2.05) is 0 Å². The molecule has 0 aliphatic carbocycles. The third kappa shape index (κ3) is 3.87. The number of nitrogens with zero attached hydrogens (tertiary/aromatic N) is 1. The molecule has 20 heavy (non-hydrogen) atoms. The second-order valence-electron chi connectivity index (χ2n) is 5.80. The molecule has 1 saturated heterocycles. The second-order valence-corrected chi connectivity index (χ2v) is 6.21. The Bertz CT molecular complexity index is 428. The SMILES string of the molecule is COCCNCc1ccc(N2CC(C)C(C)C2)cc1Cl. The van der Waals surface area contributed by atoms with Gasteiger partial charge in [-0.3, -0.25) is 0 Å². The predicted octanol–water partition coefficient (Wildman–Crippen LogP) is 3.17. The average Bonchev–Trinajstić information content (AvgIpc) is 2.76. The lowest BCUT2D eigenvalue weighted by molar-refractivity contribution is 0.199. The molecule has 1 aliphatic heterocycles. The number of halogens is 1. The van der Waals surface area contributed by atoms with Gasteiger partial charge in [0, 0.05) is 44.0 Å². The van der Waals surface area contributed by atoms with Crippen molar-refractivity contribution >= 4 is 17.3 Å². The molecule has 2 rings (SSSR count).